The van der Waals surface area contributed by atoms with Gasteiger partial charge in [0, 0.05) is 87.7 Å². The fraction of sp³-hybridized carbons (Fsp3) is 0.0889. The highest BCUT2D eigenvalue weighted by Gasteiger charge is 2.51. The van der Waals surface area contributed by atoms with Crippen LogP contribution in [0.4, 0.5) is 5.69 Å². The van der Waals surface area contributed by atoms with Crippen LogP contribution in [0.1, 0.15) is 45.0 Å². The Morgan fingerprint density at radius 3 is 1.27 bits per heavy atom. The van der Waals surface area contributed by atoms with E-state index in [1.54, 1.807) is 32.4 Å². The highest BCUT2D eigenvalue weighted by molar-refractivity contribution is 9.10. The number of para-hydroxylation sites is 3. The number of anilines is 1. The molecule has 0 aliphatic carbocycles. The van der Waals surface area contributed by atoms with Gasteiger partial charge in [0.25, 0.3) is 0 Å². The molecule has 1 saturated heterocycles. The number of carbonyl (C=O) groups is 1. The first-order chi connectivity index (χ1) is 51.0. The fourth-order valence-corrected chi connectivity index (χ4v) is 13.2. The number of hydrogen-bond acceptors (Lipinski definition) is 12. The average molecular weight is 1500 g/mol. The quantitative estimate of drug-likeness (QED) is 0.0872. The summed E-state index contributed by atoms with van der Waals surface area (Å²) >= 11 is 6.79. The van der Waals surface area contributed by atoms with Gasteiger partial charge in [-0.15, -0.1) is 0 Å². The summed E-state index contributed by atoms with van der Waals surface area (Å²) in [6, 6.07) is 98.0. The molecule has 0 amide bonds. The minimum Gasteiger partial charge on any atom is -0.495 e. The Hall–Kier alpha value is -11.7. The maximum atomic E-state index is 11.2. The zero-order valence-corrected chi connectivity index (χ0v) is 61.8. The highest BCUT2D eigenvalue weighted by atomic mass is 79.9. The maximum Gasteiger partial charge on any atom is 0.494 e. The van der Waals surface area contributed by atoms with Gasteiger partial charge in [0.1, 0.15) is 5.75 Å². The topological polar surface area (TPSA) is 161 Å². The van der Waals surface area contributed by atoms with Gasteiger partial charge < -0.3 is 19.8 Å². The lowest BCUT2D eigenvalue weighted by Crippen LogP contribution is -2.41. The van der Waals surface area contributed by atoms with Gasteiger partial charge in [0.05, 0.1) is 85.4 Å². The van der Waals surface area contributed by atoms with Crippen LogP contribution in [0, 0.1) is 0 Å². The molecule has 0 spiro atoms. The van der Waals surface area contributed by atoms with Crippen LogP contribution in [0.2, 0.25) is 0 Å². The first-order valence-corrected chi connectivity index (χ1v) is 36.0. The number of aromatic nitrogens is 7. The zero-order chi connectivity index (χ0) is 72.6. The summed E-state index contributed by atoms with van der Waals surface area (Å²) < 4.78 is 19.3. The summed E-state index contributed by atoms with van der Waals surface area (Å²) in [5.41, 5.74) is 24.5. The molecular weight excluding hydrogens is 1430 g/mol. The van der Waals surface area contributed by atoms with Crippen LogP contribution in [0.5, 0.6) is 5.75 Å². The molecule has 17 aromatic rings. The van der Waals surface area contributed by atoms with E-state index in [-0.39, 0.29) is 24.1 Å². The Labute approximate surface area is 626 Å². The maximum absolute atomic E-state index is 11.2. The lowest BCUT2D eigenvalue weighted by molar-refractivity contribution is 0.00578. The van der Waals surface area contributed by atoms with Crippen LogP contribution in [0.15, 0.2) is 319 Å². The number of benzene rings is 10. The number of nitrogens with two attached hydrogens (primary N) is 1. The zero-order valence-electron chi connectivity index (χ0n) is 58.6. The monoisotopic (exact) mass is 1500 g/mol. The van der Waals surface area contributed by atoms with E-state index in [1.807, 2.05) is 128 Å². The van der Waals surface area contributed by atoms with E-state index in [4.69, 9.17) is 39.7 Å². The molecule has 512 valence electrons. The number of ether oxygens (including phenoxy) is 1. The molecule has 8 heterocycles. The fourth-order valence-electron chi connectivity index (χ4n) is 12.5. The summed E-state index contributed by atoms with van der Waals surface area (Å²) in [7, 11) is 1.25. The Morgan fingerprint density at radius 1 is 0.381 bits per heavy atom. The molecule has 12 nitrogen and oxygen atoms in total. The van der Waals surface area contributed by atoms with Gasteiger partial charge in [-0.1, -0.05) is 208 Å². The second-order valence-electron chi connectivity index (χ2n) is 26.3. The molecule has 1 aliphatic rings. The van der Waals surface area contributed by atoms with Crippen LogP contribution in [0.25, 0.3) is 132 Å². The number of nitrogens with zero attached hydrogens (tertiary/aromatic N) is 7. The molecule has 10 aromatic carbocycles. The SMILES string of the molecule is Brc1ccc2nc(-c3cccc4cccnc34)ccc2c1.CC(=O)c1cccc2cccnc12.CC1(C)OB(c2ccc3nc(-c4ccccc4)ccc3c2)OC1(C)C.COc1cc(Br)ccc1N.c1ccc(-c2ccc3cc(-c4ccc5nc(-c6cccc7cccnc67)ccc5c4)ccc3n2)cc1. The van der Waals surface area contributed by atoms with Gasteiger partial charge in [-0.25, -0.2) is 19.9 Å². The molecule has 7 aromatic heterocycles. The predicted octanol–water partition coefficient (Wildman–Crippen LogP) is 22.2. The highest BCUT2D eigenvalue weighted by Crippen LogP contribution is 2.38. The van der Waals surface area contributed by atoms with Crippen LogP contribution < -0.4 is 15.9 Å². The van der Waals surface area contributed by atoms with Crippen molar-refractivity contribution in [1.29, 1.82) is 0 Å². The van der Waals surface area contributed by atoms with Crippen LogP contribution in [-0.2, 0) is 9.31 Å². The van der Waals surface area contributed by atoms with Gasteiger partial charge in [0.2, 0.25) is 0 Å². The minimum atomic E-state index is -0.344. The molecule has 18 rings (SSSR count). The summed E-state index contributed by atoms with van der Waals surface area (Å²) in [6.07, 6.45) is 5.36. The Morgan fingerprint density at radius 2 is 0.781 bits per heavy atom. The normalized spacial score (nSPS) is 12.7. The van der Waals surface area contributed by atoms with E-state index < -0.39 is 0 Å². The molecule has 0 unspecified atom stereocenters. The number of pyridine rings is 7. The number of rotatable bonds is 8. The number of hydrogen-bond donors (Lipinski definition) is 1. The number of fused-ring (bicyclic) bond motifs is 7. The summed E-state index contributed by atoms with van der Waals surface area (Å²) in [5.74, 6) is 0.763. The Bertz CT molecular complexity index is 6020. The van der Waals surface area contributed by atoms with E-state index in [0.29, 0.717) is 17.0 Å². The molecule has 0 atom stereocenters. The lowest BCUT2D eigenvalue weighted by atomic mass is 9.78. The third-order valence-electron chi connectivity index (χ3n) is 18.8. The molecule has 2 N–H and O–H groups in total. The molecular formula is C90H71BBr2N8O4. The van der Waals surface area contributed by atoms with Gasteiger partial charge in [-0.05, 0) is 172 Å². The third-order valence-corrected chi connectivity index (χ3v) is 19.8. The van der Waals surface area contributed by atoms with Crippen molar-refractivity contribution < 1.29 is 18.8 Å². The number of methoxy groups -OCH3 is 1. The van der Waals surface area contributed by atoms with E-state index in [0.717, 1.165) is 141 Å². The third kappa shape index (κ3) is 15.9. The lowest BCUT2D eigenvalue weighted by Gasteiger charge is -2.32. The molecule has 1 fully saturated rings. The molecule has 105 heavy (non-hydrogen) atoms. The second-order valence-corrected chi connectivity index (χ2v) is 28.1. The predicted molar refractivity (Wildman–Crippen MR) is 439 cm³/mol. The van der Waals surface area contributed by atoms with Gasteiger partial charge in [-0.2, -0.15) is 0 Å². The largest absolute Gasteiger partial charge is 0.495 e. The van der Waals surface area contributed by atoms with Gasteiger partial charge in [0.15, 0.2) is 5.78 Å². The van der Waals surface area contributed by atoms with Crippen molar-refractivity contribution in [2.24, 2.45) is 0 Å². The van der Waals surface area contributed by atoms with Crippen LogP contribution in [0.3, 0.4) is 0 Å². The number of halogens is 2. The average Bonchev–Trinajstić information content (AvgIpc) is 1.74. The summed E-state index contributed by atoms with van der Waals surface area (Å²) in [4.78, 5) is 43.9. The van der Waals surface area contributed by atoms with Crippen molar-refractivity contribution in [3.05, 3.63) is 324 Å². The minimum absolute atomic E-state index is 0.0595. The van der Waals surface area contributed by atoms with Crippen molar-refractivity contribution in [2.75, 3.05) is 12.8 Å². The molecule has 0 saturated carbocycles. The van der Waals surface area contributed by atoms with Crippen molar-refractivity contribution in [2.45, 2.75) is 45.8 Å². The van der Waals surface area contributed by atoms with E-state index in [1.165, 1.54) is 5.56 Å². The molecule has 0 bridgehead atoms. The van der Waals surface area contributed by atoms with E-state index >= 15 is 0 Å². The molecule has 15 heteroatoms. The standard InChI is InChI=1S/C33H21N3.C21H22BNO2.C18H11BrN2.C11H9NO.C7H8BrNO/c1-2-6-22(7-3-1)29-17-13-26-20-24(11-15-30(26)35-29)25-12-16-31-27(21-25)14-18-32(36-31)28-10-4-8-23-9-5-19-34-33(23)28;1-20(2)21(3,4)25-22(24-20)17-11-13-19-16(14-17)10-12-18(23-19)15-8-6-5-7-9-15;19-14-7-9-16-13(11-14)6-8-17(21-16)15-5-1-3-12-4-2-10-20-18(12)15;1-8(13)10-6-2-4-9-5-3-7-12-11(9)10;1-10-7-4-5(8)2-3-6(7)9/h1-21H;5-14H,1-4H3;1-11H;2-7H,1H3;2-4H,9H2,1H3. The van der Waals surface area contributed by atoms with Crippen molar-refractivity contribution in [1.82, 2.24) is 34.9 Å². The summed E-state index contributed by atoms with van der Waals surface area (Å²) in [6.45, 7) is 9.84. The van der Waals surface area contributed by atoms with Crippen molar-refractivity contribution in [3.8, 4) is 61.9 Å². The number of Topliss-reactive ketones (excluding diaryl/α,β-unsaturated/α-hetero) is 1. The van der Waals surface area contributed by atoms with Crippen LogP contribution in [-0.4, -0.2) is 66.1 Å². The van der Waals surface area contributed by atoms with Gasteiger partial charge in [-0.3, -0.25) is 19.7 Å². The van der Waals surface area contributed by atoms with E-state index in [9.17, 15) is 4.79 Å². The van der Waals surface area contributed by atoms with Crippen LogP contribution >= 0.6 is 31.9 Å². The second kappa shape index (κ2) is 31.1. The Kier molecular flexibility index (Phi) is 20.8. The number of nitrogen functional groups attached to an aromatic ring is 1. The van der Waals surface area contributed by atoms with Crippen molar-refractivity contribution in [3.63, 3.8) is 0 Å². The molecule has 1 aliphatic heterocycles. The first-order valence-electron chi connectivity index (χ1n) is 34.4. The number of ketones is 1. The van der Waals surface area contributed by atoms with Gasteiger partial charge >= 0.3 is 7.12 Å². The number of carbonyl (C=O) groups excluding carboxylic acids is 1. The van der Waals surface area contributed by atoms with E-state index in [2.05, 4.69) is 238 Å². The smallest absolute Gasteiger partial charge is 0.494 e. The summed E-state index contributed by atoms with van der Waals surface area (Å²) in [5, 5.41) is 7.72. The first kappa shape index (κ1) is 70.3. The molecule has 0 radical (unpaired) electrons. The Balaban J connectivity index is 0.000000118. The van der Waals surface area contributed by atoms with Crippen molar-refractivity contribution >= 4 is 132 Å².